The molecule has 1 heterocycles. The van der Waals surface area contributed by atoms with Crippen molar-refractivity contribution in [3.05, 3.63) is 71.8 Å². The van der Waals surface area contributed by atoms with Crippen LogP contribution >= 0.6 is 0 Å². The van der Waals surface area contributed by atoms with Crippen LogP contribution in [0.15, 0.2) is 65.6 Å². The summed E-state index contributed by atoms with van der Waals surface area (Å²) in [6, 6.07) is 15.7. The molecule has 0 aliphatic carbocycles. The number of nitrogens with zero attached hydrogens (tertiary/aromatic N) is 2. The van der Waals surface area contributed by atoms with E-state index in [0.717, 1.165) is 10.4 Å². The van der Waals surface area contributed by atoms with Crippen molar-refractivity contribution in [2.24, 2.45) is 0 Å². The zero-order valence-corrected chi connectivity index (χ0v) is 18.5. The van der Waals surface area contributed by atoms with E-state index in [9.17, 15) is 18.3 Å². The molecule has 0 unspecified atom stereocenters. The monoisotopic (exact) mass is 458 g/mol. The van der Waals surface area contributed by atoms with Crippen molar-refractivity contribution in [2.45, 2.75) is 11.4 Å². The van der Waals surface area contributed by atoms with Gasteiger partial charge in [-0.2, -0.15) is 4.98 Å². The Bertz CT molecular complexity index is 1200. The van der Waals surface area contributed by atoms with E-state index in [4.69, 9.17) is 14.2 Å². The number of rotatable bonds is 9. The predicted octanol–water partition coefficient (Wildman–Crippen LogP) is 3.20. The van der Waals surface area contributed by atoms with Gasteiger partial charge in [-0.25, -0.2) is 13.2 Å². The van der Waals surface area contributed by atoms with Gasteiger partial charge in [0.2, 0.25) is 11.8 Å². The Morgan fingerprint density at radius 2 is 1.62 bits per heavy atom. The van der Waals surface area contributed by atoms with E-state index >= 15 is 0 Å². The van der Waals surface area contributed by atoms with Gasteiger partial charge in [0.1, 0.15) is 11.4 Å². The van der Waals surface area contributed by atoms with E-state index in [1.807, 2.05) is 0 Å². The Balaban J connectivity index is 2.27. The molecule has 0 saturated carbocycles. The fraction of sp³-hybridized carbons (Fsp3) is 0.182. The number of carboxylic acid groups (broad SMARTS) is 1. The molecule has 168 valence electrons. The van der Waals surface area contributed by atoms with Crippen molar-refractivity contribution >= 4 is 21.7 Å². The first-order valence-electron chi connectivity index (χ1n) is 9.38. The number of sulfonamides is 1. The average molecular weight is 458 g/mol. The molecule has 0 atom stereocenters. The van der Waals surface area contributed by atoms with Crippen LogP contribution in [0, 0.1) is 0 Å². The maximum absolute atomic E-state index is 13.7. The molecule has 0 spiro atoms. The lowest BCUT2D eigenvalue weighted by atomic mass is 10.2. The first-order chi connectivity index (χ1) is 15.3. The van der Waals surface area contributed by atoms with Crippen LogP contribution < -0.4 is 18.5 Å². The molecule has 0 radical (unpaired) electrons. The highest BCUT2D eigenvalue weighted by Gasteiger charge is 2.33. The quantitative estimate of drug-likeness (QED) is 0.520. The number of hydrogen-bond donors (Lipinski definition) is 1. The third-order valence-corrected chi connectivity index (χ3v) is 6.40. The molecule has 0 saturated heterocycles. The molecule has 2 aromatic carbocycles. The fourth-order valence-electron chi connectivity index (χ4n) is 3.05. The highest BCUT2D eigenvalue weighted by atomic mass is 32.2. The lowest BCUT2D eigenvalue weighted by Crippen LogP contribution is -2.32. The molecular formula is C22H22N2O7S. The van der Waals surface area contributed by atoms with Gasteiger partial charge in [0.25, 0.3) is 10.0 Å². The van der Waals surface area contributed by atoms with E-state index in [0.29, 0.717) is 11.3 Å². The van der Waals surface area contributed by atoms with Gasteiger partial charge in [0.15, 0.2) is 0 Å². The molecule has 32 heavy (non-hydrogen) atoms. The number of benzene rings is 2. The maximum Gasteiger partial charge on any atom is 0.338 e. The first kappa shape index (κ1) is 22.9. The number of aromatic nitrogens is 1. The third-order valence-electron chi connectivity index (χ3n) is 4.64. The topological polar surface area (TPSA) is 115 Å². The Morgan fingerprint density at radius 1 is 0.969 bits per heavy atom. The van der Waals surface area contributed by atoms with Crippen molar-refractivity contribution in [1.82, 2.24) is 4.98 Å². The Hall–Kier alpha value is -3.79. The molecular weight excluding hydrogens is 436 g/mol. The van der Waals surface area contributed by atoms with Crippen molar-refractivity contribution in [3.8, 4) is 17.5 Å². The summed E-state index contributed by atoms with van der Waals surface area (Å²) < 4.78 is 43.8. The van der Waals surface area contributed by atoms with Crippen molar-refractivity contribution in [1.29, 1.82) is 0 Å². The second-order valence-electron chi connectivity index (χ2n) is 6.55. The van der Waals surface area contributed by atoms with E-state index in [1.54, 1.807) is 30.3 Å². The van der Waals surface area contributed by atoms with E-state index < -0.39 is 16.0 Å². The molecule has 3 aromatic rings. The lowest BCUT2D eigenvalue weighted by molar-refractivity contribution is 0.0696. The van der Waals surface area contributed by atoms with Gasteiger partial charge in [-0.15, -0.1) is 0 Å². The minimum atomic E-state index is -4.23. The van der Waals surface area contributed by atoms with Crippen molar-refractivity contribution < 1.29 is 32.5 Å². The maximum atomic E-state index is 13.7. The van der Waals surface area contributed by atoms with E-state index in [-0.39, 0.29) is 34.5 Å². The predicted molar refractivity (Wildman–Crippen MR) is 117 cm³/mol. The number of hydrogen-bond acceptors (Lipinski definition) is 7. The molecule has 0 aliphatic rings. The van der Waals surface area contributed by atoms with Crippen LogP contribution in [0.4, 0.5) is 5.69 Å². The second-order valence-corrected chi connectivity index (χ2v) is 8.41. The largest absolute Gasteiger partial charge is 0.497 e. The lowest BCUT2D eigenvalue weighted by Gasteiger charge is -2.27. The van der Waals surface area contributed by atoms with E-state index in [1.165, 1.54) is 45.6 Å². The average Bonchev–Trinajstić information content (AvgIpc) is 2.82. The van der Waals surface area contributed by atoms with Crippen molar-refractivity contribution in [2.75, 3.05) is 25.6 Å². The van der Waals surface area contributed by atoms with Gasteiger partial charge in [-0.1, -0.05) is 30.3 Å². The fourth-order valence-corrected chi connectivity index (χ4v) is 4.52. The summed E-state index contributed by atoms with van der Waals surface area (Å²) >= 11 is 0. The molecule has 1 N–H and O–H groups in total. The van der Waals surface area contributed by atoms with Crippen LogP contribution in [-0.2, 0) is 16.6 Å². The van der Waals surface area contributed by atoms with Crippen LogP contribution in [0.25, 0.3) is 0 Å². The zero-order chi connectivity index (χ0) is 23.3. The molecule has 3 rings (SSSR count). The molecule has 0 aliphatic heterocycles. The summed E-state index contributed by atoms with van der Waals surface area (Å²) in [7, 11) is -0.164. The summed E-state index contributed by atoms with van der Waals surface area (Å²) in [5.41, 5.74) is 0.0981. The Morgan fingerprint density at radius 3 is 2.16 bits per heavy atom. The molecule has 10 heteroatoms. The SMILES string of the molecule is COc1ccc(S(=O)(=O)N(Cc2ccccc2)c2c(C(=O)O)cc(OC)nc2OC)cc1. The molecule has 9 nitrogen and oxygen atoms in total. The first-order valence-corrected chi connectivity index (χ1v) is 10.8. The number of aromatic carboxylic acids is 1. The Labute approximate surface area is 185 Å². The summed E-state index contributed by atoms with van der Waals surface area (Å²) in [4.78, 5) is 16.1. The standard InChI is InChI=1S/C22H22N2O7S/c1-29-16-9-11-17(12-10-16)32(27,28)24(14-15-7-5-4-6-8-15)20-18(22(25)26)13-19(30-2)23-21(20)31-3/h4-13H,14H2,1-3H3,(H,25,26). The van der Waals surface area contributed by atoms with E-state index in [2.05, 4.69) is 4.98 Å². The van der Waals surface area contributed by atoms with Crippen molar-refractivity contribution in [3.63, 3.8) is 0 Å². The molecule has 0 bridgehead atoms. The minimum absolute atomic E-state index is 0.0236. The summed E-state index contributed by atoms with van der Waals surface area (Å²) in [5, 5.41) is 9.85. The number of methoxy groups -OCH3 is 3. The van der Waals surface area contributed by atoms with Crippen LogP contribution in [-0.4, -0.2) is 45.8 Å². The van der Waals surface area contributed by atoms with Crippen LogP contribution in [0.1, 0.15) is 15.9 Å². The van der Waals surface area contributed by atoms with Gasteiger partial charge in [0, 0.05) is 6.07 Å². The smallest absolute Gasteiger partial charge is 0.338 e. The summed E-state index contributed by atoms with van der Waals surface area (Å²) in [5.74, 6) is -1.10. The van der Waals surface area contributed by atoms with Crippen LogP contribution in [0.2, 0.25) is 0 Å². The van der Waals surface area contributed by atoms with Gasteiger partial charge in [-0.05, 0) is 29.8 Å². The molecule has 0 fully saturated rings. The Kier molecular flexibility index (Phi) is 6.84. The van der Waals surface area contributed by atoms with Gasteiger partial charge in [-0.3, -0.25) is 4.31 Å². The number of carbonyl (C=O) groups is 1. The van der Waals surface area contributed by atoms with Gasteiger partial charge < -0.3 is 19.3 Å². The van der Waals surface area contributed by atoms with Crippen LogP contribution in [0.5, 0.6) is 17.5 Å². The highest BCUT2D eigenvalue weighted by molar-refractivity contribution is 7.92. The second kappa shape index (κ2) is 9.56. The molecule has 0 amide bonds. The van der Waals surface area contributed by atoms with Gasteiger partial charge >= 0.3 is 5.97 Å². The summed E-state index contributed by atoms with van der Waals surface area (Å²) in [6.07, 6.45) is 0. The summed E-state index contributed by atoms with van der Waals surface area (Å²) in [6.45, 7) is -0.153. The number of anilines is 1. The number of pyridine rings is 1. The third kappa shape index (κ3) is 4.59. The van der Waals surface area contributed by atoms with Gasteiger partial charge in [0.05, 0.1) is 38.3 Å². The number of carboxylic acids is 1. The molecule has 1 aromatic heterocycles. The number of ether oxygens (including phenoxy) is 3. The normalized spacial score (nSPS) is 11.0. The zero-order valence-electron chi connectivity index (χ0n) is 17.7. The highest BCUT2D eigenvalue weighted by Crippen LogP contribution is 2.38. The van der Waals surface area contributed by atoms with Crippen LogP contribution in [0.3, 0.4) is 0 Å². The minimum Gasteiger partial charge on any atom is -0.497 e.